The number of nitrogens with zero attached hydrogens (tertiary/aromatic N) is 1. The van der Waals surface area contributed by atoms with Crippen LogP contribution in [0.1, 0.15) is 27.7 Å². The van der Waals surface area contributed by atoms with Crippen LogP contribution in [-0.2, 0) is 9.59 Å². The Labute approximate surface area is 165 Å². The molecule has 8 nitrogen and oxygen atoms in total. The largest absolute Gasteiger partial charge is 0.486 e. The summed E-state index contributed by atoms with van der Waals surface area (Å²) in [5.74, 6) is 0.792. The Morgan fingerprint density at radius 1 is 1.21 bits per heavy atom. The smallest absolute Gasteiger partial charge is 0.279 e. The van der Waals surface area contributed by atoms with Crippen LogP contribution in [0.5, 0.6) is 11.5 Å². The van der Waals surface area contributed by atoms with Crippen molar-refractivity contribution in [2.45, 2.75) is 33.2 Å². The van der Waals surface area contributed by atoms with E-state index in [-0.39, 0.29) is 30.8 Å². The van der Waals surface area contributed by atoms with Crippen LogP contribution in [0.3, 0.4) is 0 Å². The van der Waals surface area contributed by atoms with Crippen molar-refractivity contribution in [3.63, 3.8) is 0 Å². The summed E-state index contributed by atoms with van der Waals surface area (Å²) in [4.78, 5) is 25.5. The lowest BCUT2D eigenvalue weighted by Gasteiger charge is -2.28. The highest BCUT2D eigenvalue weighted by Gasteiger charge is 2.31. The van der Waals surface area contributed by atoms with Crippen molar-refractivity contribution in [3.8, 4) is 17.6 Å². The molecule has 1 aromatic rings. The summed E-state index contributed by atoms with van der Waals surface area (Å²) < 4.78 is 11.0. The number of rotatable bonds is 8. The van der Waals surface area contributed by atoms with E-state index < -0.39 is 5.54 Å². The minimum Gasteiger partial charge on any atom is -0.486 e. The first kappa shape index (κ1) is 21.5. The second-order valence-corrected chi connectivity index (χ2v) is 7.38. The number of quaternary nitrogens is 1. The van der Waals surface area contributed by atoms with Gasteiger partial charge in [-0.15, -0.1) is 0 Å². The average Bonchev–Trinajstić information content (AvgIpc) is 2.66. The van der Waals surface area contributed by atoms with Crippen LogP contribution in [0.2, 0.25) is 0 Å². The Kier molecular flexibility index (Phi) is 7.24. The number of hydrogen-bond acceptors (Lipinski definition) is 5. The number of fused-ring (bicyclic) bond motifs is 1. The molecule has 0 aromatic heterocycles. The fourth-order valence-electron chi connectivity index (χ4n) is 2.73. The summed E-state index contributed by atoms with van der Waals surface area (Å²) in [5, 5.41) is 14.9. The average molecular weight is 389 g/mol. The Morgan fingerprint density at radius 2 is 1.86 bits per heavy atom. The summed E-state index contributed by atoms with van der Waals surface area (Å²) in [6.45, 7) is 9.24. The minimum absolute atomic E-state index is 0.0231. The molecule has 1 aliphatic rings. The molecule has 2 atom stereocenters. The normalized spacial score (nSPS) is 15.9. The number of benzene rings is 1. The number of likely N-dealkylation sites (N-methyl/N-ethyl adjacent to an activating group) is 1. The van der Waals surface area contributed by atoms with Crippen molar-refractivity contribution in [2.24, 2.45) is 5.92 Å². The van der Waals surface area contributed by atoms with Gasteiger partial charge in [0.1, 0.15) is 18.8 Å². The molecule has 0 radical (unpaired) electrons. The van der Waals surface area contributed by atoms with Crippen LogP contribution in [0.4, 0.5) is 5.69 Å². The van der Waals surface area contributed by atoms with Crippen LogP contribution in [0.15, 0.2) is 18.2 Å². The van der Waals surface area contributed by atoms with Crippen molar-refractivity contribution in [2.75, 3.05) is 38.2 Å². The molecule has 0 spiro atoms. The third-order valence-corrected chi connectivity index (χ3v) is 4.93. The van der Waals surface area contributed by atoms with Crippen LogP contribution in [-0.4, -0.2) is 50.2 Å². The zero-order valence-electron chi connectivity index (χ0n) is 16.9. The number of nitriles is 1. The Morgan fingerprint density at radius 3 is 2.46 bits per heavy atom. The summed E-state index contributed by atoms with van der Waals surface area (Å²) in [6.07, 6.45) is 0. The van der Waals surface area contributed by atoms with E-state index in [0.29, 0.717) is 36.9 Å². The number of hydrogen-bond donors (Lipinski definition) is 3. The fourth-order valence-corrected chi connectivity index (χ4v) is 2.73. The second kappa shape index (κ2) is 9.42. The third kappa shape index (κ3) is 5.60. The molecular weight excluding hydrogens is 360 g/mol. The SMILES string of the molecule is CC[NH+](CC(=O)Nc1ccc2c(c1)OCCO2)CC(=O)N[C@](C)(C#N)C(C)C. The maximum atomic E-state index is 12.4. The summed E-state index contributed by atoms with van der Waals surface area (Å²) in [7, 11) is 0. The quantitative estimate of drug-likeness (QED) is 0.595. The van der Waals surface area contributed by atoms with Gasteiger partial charge in [-0.25, -0.2) is 0 Å². The molecule has 3 N–H and O–H groups in total. The predicted octanol–water partition coefficient (Wildman–Crippen LogP) is 0.356. The second-order valence-electron chi connectivity index (χ2n) is 7.38. The zero-order chi connectivity index (χ0) is 20.7. The molecule has 0 saturated heterocycles. The van der Waals surface area contributed by atoms with E-state index in [2.05, 4.69) is 16.7 Å². The first-order valence-corrected chi connectivity index (χ1v) is 9.52. The lowest BCUT2D eigenvalue weighted by Crippen LogP contribution is -3.14. The van der Waals surface area contributed by atoms with Crippen LogP contribution >= 0.6 is 0 Å². The topological polar surface area (TPSA) is 105 Å². The molecule has 1 heterocycles. The number of nitrogens with one attached hydrogen (secondary N) is 3. The Bertz CT molecular complexity index is 759. The van der Waals surface area contributed by atoms with E-state index in [1.54, 1.807) is 25.1 Å². The van der Waals surface area contributed by atoms with Crippen molar-refractivity contribution in [1.29, 1.82) is 5.26 Å². The molecule has 0 bridgehead atoms. The van der Waals surface area contributed by atoms with E-state index in [4.69, 9.17) is 9.47 Å². The zero-order valence-corrected chi connectivity index (χ0v) is 16.9. The molecule has 0 fully saturated rings. The molecule has 0 saturated carbocycles. The first-order chi connectivity index (χ1) is 13.3. The number of ether oxygens (including phenoxy) is 2. The van der Waals surface area contributed by atoms with Crippen LogP contribution in [0.25, 0.3) is 0 Å². The third-order valence-electron chi connectivity index (χ3n) is 4.93. The summed E-state index contributed by atoms with van der Waals surface area (Å²) >= 11 is 0. The van der Waals surface area contributed by atoms with Crippen LogP contribution < -0.4 is 25.0 Å². The monoisotopic (exact) mass is 389 g/mol. The standard InChI is InChI=1S/C20H28N4O4/c1-5-24(12-19(26)23-20(4,13-21)14(2)3)11-18(25)22-15-6-7-16-17(10-15)28-9-8-27-16/h6-7,10,14H,5,8-9,11-12H2,1-4H3,(H,22,25)(H,23,26)/p+1/t20-/m1/s1. The number of carbonyl (C=O) groups excluding carboxylic acids is 2. The Hall–Kier alpha value is -2.79. The lowest BCUT2D eigenvalue weighted by molar-refractivity contribution is -0.881. The van der Waals surface area contributed by atoms with Gasteiger partial charge in [-0.05, 0) is 31.9 Å². The van der Waals surface area contributed by atoms with Crippen molar-refractivity contribution in [3.05, 3.63) is 18.2 Å². The van der Waals surface area contributed by atoms with Crippen LogP contribution in [0, 0.1) is 17.2 Å². The molecule has 1 aliphatic heterocycles. The highest BCUT2D eigenvalue weighted by molar-refractivity contribution is 5.92. The minimum atomic E-state index is -0.927. The molecule has 0 aliphatic carbocycles. The lowest BCUT2D eigenvalue weighted by atomic mass is 9.90. The molecule has 1 unspecified atom stereocenters. The van der Waals surface area contributed by atoms with Gasteiger partial charge in [0.2, 0.25) is 0 Å². The van der Waals surface area contributed by atoms with Crippen molar-refractivity contribution >= 4 is 17.5 Å². The molecule has 28 heavy (non-hydrogen) atoms. The van der Waals surface area contributed by atoms with Crippen molar-refractivity contribution in [1.82, 2.24) is 5.32 Å². The maximum Gasteiger partial charge on any atom is 0.279 e. The highest BCUT2D eigenvalue weighted by Crippen LogP contribution is 2.32. The van der Waals surface area contributed by atoms with Gasteiger partial charge in [0, 0.05) is 11.8 Å². The molecule has 2 rings (SSSR count). The number of amides is 2. The predicted molar refractivity (Wildman–Crippen MR) is 104 cm³/mol. The molecule has 2 amide bonds. The van der Waals surface area contributed by atoms with Gasteiger partial charge in [-0.3, -0.25) is 9.59 Å². The van der Waals surface area contributed by atoms with Gasteiger partial charge in [0.05, 0.1) is 12.6 Å². The summed E-state index contributed by atoms with van der Waals surface area (Å²) in [5.41, 5.74) is -0.311. The van der Waals surface area contributed by atoms with Gasteiger partial charge in [0.25, 0.3) is 11.8 Å². The maximum absolute atomic E-state index is 12.4. The van der Waals surface area contributed by atoms with E-state index in [0.717, 1.165) is 4.90 Å². The highest BCUT2D eigenvalue weighted by atomic mass is 16.6. The van der Waals surface area contributed by atoms with E-state index in [1.165, 1.54) is 0 Å². The molecular formula is C20H29N4O4+. The van der Waals surface area contributed by atoms with E-state index >= 15 is 0 Å². The van der Waals surface area contributed by atoms with Gasteiger partial charge in [-0.1, -0.05) is 13.8 Å². The van der Waals surface area contributed by atoms with Gasteiger partial charge in [0.15, 0.2) is 24.6 Å². The summed E-state index contributed by atoms with van der Waals surface area (Å²) in [6, 6.07) is 7.40. The molecule has 152 valence electrons. The molecule has 8 heteroatoms. The Balaban J connectivity index is 1.90. The van der Waals surface area contributed by atoms with Gasteiger partial charge in [-0.2, -0.15) is 5.26 Å². The fraction of sp³-hybridized carbons (Fsp3) is 0.550. The van der Waals surface area contributed by atoms with Crippen molar-refractivity contribution < 1.29 is 24.0 Å². The van der Waals surface area contributed by atoms with E-state index in [1.807, 2.05) is 20.8 Å². The van der Waals surface area contributed by atoms with Gasteiger partial charge < -0.3 is 25.0 Å². The van der Waals surface area contributed by atoms with E-state index in [9.17, 15) is 14.9 Å². The number of carbonyl (C=O) groups is 2. The molecule has 1 aromatic carbocycles. The number of anilines is 1. The van der Waals surface area contributed by atoms with Gasteiger partial charge >= 0.3 is 0 Å². The first-order valence-electron chi connectivity index (χ1n) is 9.52.